The molecule has 1 N–H and O–H groups in total. The molecule has 1 amide bonds. The molecule has 44 heavy (non-hydrogen) atoms. The highest BCUT2D eigenvalue weighted by molar-refractivity contribution is 6.10. The van der Waals surface area contributed by atoms with Gasteiger partial charge in [-0.3, -0.25) is 4.79 Å². The van der Waals surface area contributed by atoms with Crippen molar-refractivity contribution in [1.82, 2.24) is 20.1 Å². The lowest BCUT2D eigenvalue weighted by atomic mass is 9.62. The summed E-state index contributed by atoms with van der Waals surface area (Å²) in [6, 6.07) is 8.35. The predicted molar refractivity (Wildman–Crippen MR) is 155 cm³/mol. The predicted octanol–water partition coefficient (Wildman–Crippen LogP) is 4.90. The van der Waals surface area contributed by atoms with Gasteiger partial charge < -0.3 is 29.0 Å². The number of methoxy groups -OCH3 is 1. The molecule has 3 aromatic rings. The van der Waals surface area contributed by atoms with E-state index in [9.17, 15) is 18.0 Å². The Labute approximate surface area is 253 Å². The van der Waals surface area contributed by atoms with Crippen molar-refractivity contribution < 1.29 is 32.2 Å². The zero-order valence-electron chi connectivity index (χ0n) is 25.0. The quantitative estimate of drug-likeness (QED) is 0.368. The van der Waals surface area contributed by atoms with E-state index in [0.717, 1.165) is 30.7 Å². The SMILES string of the molecule is CO[C@H]1C[C@](c2cc(OC3COC3)cc(N3Cc4c(cc(CNC5(C)CCC5)cc4C(F)(F)F)C3=O)c2)(c2nncn2C)C1. The maximum Gasteiger partial charge on any atom is 0.416 e. The smallest absolute Gasteiger partial charge is 0.416 e. The van der Waals surface area contributed by atoms with Gasteiger partial charge in [-0.2, -0.15) is 13.2 Å². The maximum atomic E-state index is 14.4. The second kappa shape index (κ2) is 10.6. The largest absolute Gasteiger partial charge is 0.486 e. The van der Waals surface area contributed by atoms with Crippen LogP contribution >= 0.6 is 0 Å². The first-order valence-electron chi connectivity index (χ1n) is 15.1. The van der Waals surface area contributed by atoms with Crippen molar-refractivity contribution in [3.05, 3.63) is 70.3 Å². The van der Waals surface area contributed by atoms with Crippen LogP contribution < -0.4 is 15.0 Å². The minimum Gasteiger partial charge on any atom is -0.486 e. The molecule has 0 unspecified atom stereocenters. The average molecular weight is 612 g/mol. The number of aromatic nitrogens is 3. The number of halogens is 3. The molecule has 4 aliphatic rings. The van der Waals surface area contributed by atoms with Gasteiger partial charge in [0.05, 0.1) is 36.8 Å². The van der Waals surface area contributed by atoms with Crippen LogP contribution in [-0.4, -0.2) is 58.7 Å². The molecule has 1 aromatic heterocycles. The first-order chi connectivity index (χ1) is 21.0. The van der Waals surface area contributed by atoms with E-state index < -0.39 is 23.1 Å². The molecule has 0 radical (unpaired) electrons. The number of rotatable bonds is 9. The molecule has 0 bridgehead atoms. The molecule has 2 saturated carbocycles. The first-order valence-corrected chi connectivity index (χ1v) is 15.1. The van der Waals surface area contributed by atoms with Crippen molar-refractivity contribution in [3.63, 3.8) is 0 Å². The van der Waals surface area contributed by atoms with Gasteiger partial charge in [0.2, 0.25) is 0 Å². The maximum absolute atomic E-state index is 14.4. The third kappa shape index (κ3) is 4.96. The normalized spacial score (nSPS) is 24.5. The number of benzene rings is 2. The summed E-state index contributed by atoms with van der Waals surface area (Å²) in [5.41, 5.74) is 0.414. The van der Waals surface area contributed by atoms with Gasteiger partial charge in [-0.1, -0.05) is 0 Å². The van der Waals surface area contributed by atoms with E-state index in [-0.39, 0.29) is 42.0 Å². The fraction of sp³-hybridized carbons (Fsp3) is 0.531. The van der Waals surface area contributed by atoms with Crippen molar-refractivity contribution in [2.75, 3.05) is 25.2 Å². The third-order valence-corrected chi connectivity index (χ3v) is 9.87. The fourth-order valence-corrected chi connectivity index (χ4v) is 6.94. The molecule has 234 valence electrons. The van der Waals surface area contributed by atoms with Crippen LogP contribution in [0.15, 0.2) is 36.7 Å². The van der Waals surface area contributed by atoms with Crippen LogP contribution in [0.5, 0.6) is 5.75 Å². The van der Waals surface area contributed by atoms with Crippen molar-refractivity contribution >= 4 is 11.6 Å². The number of alkyl halides is 3. The number of nitrogens with one attached hydrogen (secondary N) is 1. The van der Waals surface area contributed by atoms with E-state index in [4.69, 9.17) is 14.2 Å². The number of anilines is 1. The third-order valence-electron chi connectivity index (χ3n) is 9.87. The van der Waals surface area contributed by atoms with Crippen LogP contribution in [0.4, 0.5) is 18.9 Å². The van der Waals surface area contributed by atoms with Crippen LogP contribution in [0.1, 0.15) is 77.5 Å². The van der Waals surface area contributed by atoms with Crippen LogP contribution in [0, 0.1) is 0 Å². The topological polar surface area (TPSA) is 90.7 Å². The lowest BCUT2D eigenvalue weighted by Crippen LogP contribution is -2.48. The minimum absolute atomic E-state index is 0.000925. The van der Waals surface area contributed by atoms with Crippen LogP contribution in [0.25, 0.3) is 0 Å². The van der Waals surface area contributed by atoms with Crippen molar-refractivity contribution in [3.8, 4) is 5.75 Å². The molecule has 7 rings (SSSR count). The minimum atomic E-state index is -4.60. The van der Waals surface area contributed by atoms with Gasteiger partial charge in [0.1, 0.15) is 24.0 Å². The molecule has 3 heterocycles. The van der Waals surface area contributed by atoms with Gasteiger partial charge in [-0.05, 0) is 80.0 Å². The van der Waals surface area contributed by atoms with Crippen LogP contribution in [0.3, 0.4) is 0 Å². The number of fused-ring (bicyclic) bond motifs is 1. The van der Waals surface area contributed by atoms with E-state index in [2.05, 4.69) is 22.4 Å². The molecule has 0 spiro atoms. The summed E-state index contributed by atoms with van der Waals surface area (Å²) in [7, 11) is 3.54. The molecular formula is C32H36F3N5O4. The molecule has 9 nitrogen and oxygen atoms in total. The van der Waals surface area contributed by atoms with E-state index in [1.54, 1.807) is 25.6 Å². The Kier molecular flexibility index (Phi) is 7.02. The molecule has 3 fully saturated rings. The molecule has 1 saturated heterocycles. The van der Waals surface area contributed by atoms with Crippen LogP contribution in [-0.2, 0) is 41.2 Å². The summed E-state index contributed by atoms with van der Waals surface area (Å²) in [6.45, 7) is 3.03. The zero-order chi connectivity index (χ0) is 30.9. The van der Waals surface area contributed by atoms with Gasteiger partial charge in [0, 0.05) is 43.6 Å². The Morgan fingerprint density at radius 3 is 2.48 bits per heavy atom. The monoisotopic (exact) mass is 611 g/mol. The molecule has 2 aliphatic carbocycles. The highest BCUT2D eigenvalue weighted by Gasteiger charge is 2.51. The summed E-state index contributed by atoms with van der Waals surface area (Å²) in [5, 5.41) is 11.9. The fourth-order valence-electron chi connectivity index (χ4n) is 6.94. The molecule has 2 aromatic carbocycles. The van der Waals surface area contributed by atoms with Gasteiger partial charge in [0.15, 0.2) is 0 Å². The van der Waals surface area contributed by atoms with Crippen molar-refractivity contribution in [2.24, 2.45) is 7.05 Å². The Balaban J connectivity index is 1.28. The average Bonchev–Trinajstić information content (AvgIpc) is 3.50. The Bertz CT molecular complexity index is 1590. The highest BCUT2D eigenvalue weighted by atomic mass is 19.4. The highest BCUT2D eigenvalue weighted by Crippen LogP contribution is 2.51. The number of ether oxygens (including phenoxy) is 3. The standard InChI is InChI=1S/C32H36F3N5O4/c1-30(5-4-6-30)36-14-19-7-25-26(27(8-19)32(33,34)35)15-40(28(25)41)21-9-20(10-22(11-21)44-24-16-43-17-24)31(12-23(13-31)42-3)29-38-37-18-39(29)2/h7-11,18,23-24,36H,4-6,12-17H2,1-3H3/t23-,31-. The van der Waals surface area contributed by atoms with Crippen molar-refractivity contribution in [2.45, 2.75) is 81.5 Å². The first kappa shape index (κ1) is 29.2. The number of hydrogen-bond acceptors (Lipinski definition) is 7. The lowest BCUT2D eigenvalue weighted by molar-refractivity contribution is -0.138. The second-order valence-corrected chi connectivity index (χ2v) is 12.9. The van der Waals surface area contributed by atoms with E-state index in [1.807, 2.05) is 23.7 Å². The van der Waals surface area contributed by atoms with E-state index >= 15 is 0 Å². The zero-order valence-corrected chi connectivity index (χ0v) is 25.0. The summed E-state index contributed by atoms with van der Waals surface area (Å²) in [4.78, 5) is 15.4. The van der Waals surface area contributed by atoms with Gasteiger partial charge >= 0.3 is 6.18 Å². The molecule has 12 heteroatoms. The number of nitrogens with zero attached hydrogens (tertiary/aromatic N) is 4. The lowest BCUT2D eigenvalue weighted by Gasteiger charge is -2.46. The number of amides is 1. The Hall–Kier alpha value is -3.48. The molecule has 2 aliphatic heterocycles. The number of hydrogen-bond donors (Lipinski definition) is 1. The van der Waals surface area contributed by atoms with E-state index in [0.29, 0.717) is 43.1 Å². The molecular weight excluding hydrogens is 575 g/mol. The van der Waals surface area contributed by atoms with Gasteiger partial charge in [0.25, 0.3) is 5.91 Å². The number of carbonyl (C=O) groups is 1. The summed E-state index contributed by atoms with van der Waals surface area (Å²) >= 11 is 0. The molecule has 0 atom stereocenters. The van der Waals surface area contributed by atoms with Crippen LogP contribution in [0.2, 0.25) is 0 Å². The summed E-state index contributed by atoms with van der Waals surface area (Å²) in [6.07, 6.45) is 1.21. The van der Waals surface area contributed by atoms with E-state index in [1.165, 1.54) is 11.0 Å². The number of aryl methyl sites for hydroxylation is 1. The Morgan fingerprint density at radius 1 is 1.11 bits per heavy atom. The second-order valence-electron chi connectivity index (χ2n) is 12.9. The van der Waals surface area contributed by atoms with Gasteiger partial charge in [-0.25, -0.2) is 0 Å². The Morgan fingerprint density at radius 2 is 1.89 bits per heavy atom. The summed E-state index contributed by atoms with van der Waals surface area (Å²) < 4.78 is 62.3. The van der Waals surface area contributed by atoms with Gasteiger partial charge in [-0.15, -0.1) is 10.2 Å². The summed E-state index contributed by atoms with van der Waals surface area (Å²) in [5.74, 6) is 0.800. The number of carbonyl (C=O) groups excluding carboxylic acids is 1. The van der Waals surface area contributed by atoms with Crippen molar-refractivity contribution in [1.29, 1.82) is 0 Å².